The third-order valence-electron chi connectivity index (χ3n) is 3.10. The second kappa shape index (κ2) is 3.40. The number of benzene rings is 1. The Morgan fingerprint density at radius 1 is 1.25 bits per heavy atom. The van der Waals surface area contributed by atoms with Crippen LogP contribution in [0.25, 0.3) is 0 Å². The van der Waals surface area contributed by atoms with Gasteiger partial charge in [-0.2, -0.15) is 0 Å². The number of hydrogen-bond acceptors (Lipinski definition) is 1. The fourth-order valence-corrected chi connectivity index (χ4v) is 2.02. The maximum absolute atomic E-state index is 13.7. The van der Waals surface area contributed by atoms with Gasteiger partial charge in [0.05, 0.1) is 5.92 Å². The van der Waals surface area contributed by atoms with Crippen molar-refractivity contribution in [2.75, 3.05) is 0 Å². The van der Waals surface area contributed by atoms with E-state index in [0.29, 0.717) is 5.56 Å². The van der Waals surface area contributed by atoms with Gasteiger partial charge in [-0.3, -0.25) is 0 Å². The van der Waals surface area contributed by atoms with Crippen LogP contribution in [0.4, 0.5) is 13.2 Å². The standard InChI is InChI=1S/C12H13F3O/c1-6-4-9-7(2)12(14,15)8(3)16-11(9)10(13)5-6/h4-5,7-8H,1-3H3. The minimum atomic E-state index is -2.97. The molecule has 1 aromatic carbocycles. The van der Waals surface area contributed by atoms with Gasteiger partial charge in [-0.1, -0.05) is 13.0 Å². The lowest BCUT2D eigenvalue weighted by Crippen LogP contribution is -2.44. The van der Waals surface area contributed by atoms with E-state index >= 15 is 0 Å². The molecule has 0 aliphatic carbocycles. The van der Waals surface area contributed by atoms with E-state index in [9.17, 15) is 13.2 Å². The van der Waals surface area contributed by atoms with E-state index in [2.05, 4.69) is 0 Å². The quantitative estimate of drug-likeness (QED) is 0.661. The van der Waals surface area contributed by atoms with Gasteiger partial charge in [0.1, 0.15) is 0 Å². The van der Waals surface area contributed by atoms with Crippen molar-refractivity contribution in [2.45, 2.75) is 38.7 Å². The number of fused-ring (bicyclic) bond motifs is 1. The van der Waals surface area contributed by atoms with Gasteiger partial charge in [0.15, 0.2) is 17.7 Å². The van der Waals surface area contributed by atoms with Crippen LogP contribution >= 0.6 is 0 Å². The third kappa shape index (κ3) is 1.47. The van der Waals surface area contributed by atoms with Gasteiger partial charge in [0, 0.05) is 5.56 Å². The molecule has 0 bridgehead atoms. The number of halogens is 3. The molecule has 4 heteroatoms. The molecule has 0 amide bonds. The number of rotatable bonds is 0. The molecule has 0 saturated heterocycles. The summed E-state index contributed by atoms with van der Waals surface area (Å²) in [5.41, 5.74) is 0.873. The molecule has 2 rings (SSSR count). The van der Waals surface area contributed by atoms with Crippen molar-refractivity contribution < 1.29 is 17.9 Å². The zero-order valence-electron chi connectivity index (χ0n) is 9.35. The molecule has 0 spiro atoms. The topological polar surface area (TPSA) is 9.23 Å². The summed E-state index contributed by atoms with van der Waals surface area (Å²) < 4.78 is 45.9. The van der Waals surface area contributed by atoms with Crippen molar-refractivity contribution in [3.8, 4) is 5.75 Å². The first kappa shape index (κ1) is 11.3. The maximum atomic E-state index is 13.7. The van der Waals surface area contributed by atoms with Crippen LogP contribution in [0.3, 0.4) is 0 Å². The Morgan fingerprint density at radius 3 is 2.50 bits per heavy atom. The number of ether oxygens (including phenoxy) is 1. The van der Waals surface area contributed by atoms with E-state index in [1.807, 2.05) is 0 Å². The summed E-state index contributed by atoms with van der Waals surface area (Å²) >= 11 is 0. The molecule has 88 valence electrons. The van der Waals surface area contributed by atoms with Crippen LogP contribution in [-0.2, 0) is 0 Å². The molecule has 0 N–H and O–H groups in total. The predicted octanol–water partition coefficient (Wildman–Crippen LogP) is 3.65. The first-order valence-corrected chi connectivity index (χ1v) is 5.18. The summed E-state index contributed by atoms with van der Waals surface area (Å²) in [7, 11) is 0. The smallest absolute Gasteiger partial charge is 0.290 e. The summed E-state index contributed by atoms with van der Waals surface area (Å²) in [5, 5.41) is 0. The molecule has 16 heavy (non-hydrogen) atoms. The van der Waals surface area contributed by atoms with Crippen LogP contribution in [0, 0.1) is 12.7 Å². The third-order valence-corrected chi connectivity index (χ3v) is 3.10. The van der Waals surface area contributed by atoms with Crippen molar-refractivity contribution in [3.63, 3.8) is 0 Å². The summed E-state index contributed by atoms with van der Waals surface area (Å²) in [6.45, 7) is 4.34. The summed E-state index contributed by atoms with van der Waals surface area (Å²) in [4.78, 5) is 0. The molecule has 0 fully saturated rings. The summed E-state index contributed by atoms with van der Waals surface area (Å²) in [6.07, 6.45) is -1.30. The van der Waals surface area contributed by atoms with E-state index in [1.165, 1.54) is 19.9 Å². The number of hydrogen-bond donors (Lipinski definition) is 0. The van der Waals surface area contributed by atoms with E-state index in [1.54, 1.807) is 13.0 Å². The van der Waals surface area contributed by atoms with E-state index in [-0.39, 0.29) is 11.3 Å². The van der Waals surface area contributed by atoms with Crippen LogP contribution in [0.5, 0.6) is 5.75 Å². The number of aryl methyl sites for hydroxylation is 1. The Labute approximate surface area is 92.2 Å². The van der Waals surface area contributed by atoms with Crippen LogP contribution in [0.1, 0.15) is 30.9 Å². The second-order valence-electron chi connectivity index (χ2n) is 4.32. The molecule has 0 saturated carbocycles. The molecule has 2 unspecified atom stereocenters. The maximum Gasteiger partial charge on any atom is 0.290 e. The van der Waals surface area contributed by atoms with Gasteiger partial charge in [0.2, 0.25) is 0 Å². The minimum absolute atomic E-state index is 0.0310. The molecule has 1 aliphatic heterocycles. The molecule has 1 aromatic rings. The average Bonchev–Trinajstić information content (AvgIpc) is 2.18. The Balaban J connectivity index is 2.60. The largest absolute Gasteiger partial charge is 0.481 e. The molecular formula is C12H13F3O. The molecule has 0 aromatic heterocycles. The first-order chi connectivity index (χ1) is 7.34. The SMILES string of the molecule is Cc1cc(F)c2c(c1)C(C)C(F)(F)C(C)O2. The van der Waals surface area contributed by atoms with Gasteiger partial charge >= 0.3 is 0 Å². The predicted molar refractivity (Wildman–Crippen MR) is 54.6 cm³/mol. The van der Waals surface area contributed by atoms with Crippen molar-refractivity contribution in [3.05, 3.63) is 29.1 Å². The molecule has 2 atom stereocenters. The van der Waals surface area contributed by atoms with Crippen LogP contribution in [-0.4, -0.2) is 12.0 Å². The zero-order chi connectivity index (χ0) is 12.1. The van der Waals surface area contributed by atoms with Gasteiger partial charge < -0.3 is 4.74 Å². The molecule has 1 aliphatic rings. The molecular weight excluding hydrogens is 217 g/mol. The van der Waals surface area contributed by atoms with Gasteiger partial charge in [-0.25, -0.2) is 13.2 Å². The summed E-state index contributed by atoms with van der Waals surface area (Å²) in [5.74, 6) is -4.59. The lowest BCUT2D eigenvalue weighted by molar-refractivity contribution is -0.118. The highest BCUT2D eigenvalue weighted by Crippen LogP contribution is 2.46. The second-order valence-corrected chi connectivity index (χ2v) is 4.32. The highest BCUT2D eigenvalue weighted by molar-refractivity contribution is 5.43. The highest BCUT2D eigenvalue weighted by Gasteiger charge is 2.49. The van der Waals surface area contributed by atoms with Crippen LogP contribution < -0.4 is 4.74 Å². The summed E-state index contributed by atoms with van der Waals surface area (Å²) in [6, 6.07) is 2.85. The first-order valence-electron chi connectivity index (χ1n) is 5.18. The molecule has 1 heterocycles. The lowest BCUT2D eigenvalue weighted by Gasteiger charge is -2.36. The van der Waals surface area contributed by atoms with Crippen molar-refractivity contribution in [1.29, 1.82) is 0 Å². The molecule has 0 radical (unpaired) electrons. The van der Waals surface area contributed by atoms with Gasteiger partial charge in [0.25, 0.3) is 5.92 Å². The van der Waals surface area contributed by atoms with Crippen molar-refractivity contribution >= 4 is 0 Å². The fourth-order valence-electron chi connectivity index (χ4n) is 2.02. The van der Waals surface area contributed by atoms with Gasteiger partial charge in [-0.05, 0) is 25.5 Å². The fraction of sp³-hybridized carbons (Fsp3) is 0.500. The normalized spacial score (nSPS) is 27.1. The Kier molecular flexibility index (Phi) is 2.40. The van der Waals surface area contributed by atoms with E-state index < -0.39 is 23.8 Å². The Bertz CT molecular complexity index is 429. The zero-order valence-corrected chi connectivity index (χ0v) is 9.35. The van der Waals surface area contributed by atoms with Crippen LogP contribution in [0.2, 0.25) is 0 Å². The Morgan fingerprint density at radius 2 is 1.88 bits per heavy atom. The Hall–Kier alpha value is -1.19. The number of alkyl halides is 2. The van der Waals surface area contributed by atoms with E-state index in [0.717, 1.165) is 0 Å². The average molecular weight is 230 g/mol. The van der Waals surface area contributed by atoms with E-state index in [4.69, 9.17) is 4.74 Å². The lowest BCUT2D eigenvalue weighted by atomic mass is 9.87. The van der Waals surface area contributed by atoms with Crippen LogP contribution in [0.15, 0.2) is 12.1 Å². The van der Waals surface area contributed by atoms with Crippen molar-refractivity contribution in [2.24, 2.45) is 0 Å². The monoisotopic (exact) mass is 230 g/mol. The van der Waals surface area contributed by atoms with Crippen molar-refractivity contribution in [1.82, 2.24) is 0 Å². The minimum Gasteiger partial charge on any atom is -0.481 e. The van der Waals surface area contributed by atoms with Gasteiger partial charge in [-0.15, -0.1) is 0 Å². The molecule has 1 nitrogen and oxygen atoms in total. The highest BCUT2D eigenvalue weighted by atomic mass is 19.3.